The standard InChI is InChI=1S/C27H32N2O6/c1-2-7-18(24(30)31)16-28-25(32)27(12-14-34-15-13-27)29-26(33)35-17-23-21-10-5-3-8-19(21)20-9-4-6-11-22(20)23/h3-6,8-11,18,23H,2,7,12-17H2,1H3,(H,28,32)(H,29,33)(H,30,31). The first-order valence-corrected chi connectivity index (χ1v) is 12.2. The van der Waals surface area contributed by atoms with Gasteiger partial charge in [-0.25, -0.2) is 4.79 Å². The van der Waals surface area contributed by atoms with Crippen LogP contribution in [0.5, 0.6) is 0 Å². The largest absolute Gasteiger partial charge is 0.481 e. The third-order valence-corrected chi connectivity index (χ3v) is 6.96. The minimum atomic E-state index is -1.20. The summed E-state index contributed by atoms with van der Waals surface area (Å²) in [5, 5.41) is 14.9. The first-order chi connectivity index (χ1) is 16.9. The Kier molecular flexibility index (Phi) is 7.70. The molecule has 1 unspecified atom stereocenters. The summed E-state index contributed by atoms with van der Waals surface area (Å²) in [4.78, 5) is 37.5. The average molecular weight is 481 g/mol. The van der Waals surface area contributed by atoms with Crippen LogP contribution in [0.4, 0.5) is 4.79 Å². The number of carbonyl (C=O) groups excluding carboxylic acids is 2. The topological polar surface area (TPSA) is 114 Å². The maximum absolute atomic E-state index is 13.1. The molecule has 2 aromatic carbocycles. The first-order valence-electron chi connectivity index (χ1n) is 12.2. The molecule has 0 radical (unpaired) electrons. The zero-order chi connectivity index (χ0) is 24.8. The molecule has 1 fully saturated rings. The predicted molar refractivity (Wildman–Crippen MR) is 130 cm³/mol. The second-order valence-corrected chi connectivity index (χ2v) is 9.18. The SMILES string of the molecule is CCCC(CNC(=O)C1(NC(=O)OCC2c3ccccc3-c3ccccc32)CCOCC1)C(=O)O. The van der Waals surface area contributed by atoms with Crippen molar-refractivity contribution in [3.63, 3.8) is 0 Å². The van der Waals surface area contributed by atoms with Gasteiger partial charge in [-0.2, -0.15) is 0 Å². The highest BCUT2D eigenvalue weighted by Crippen LogP contribution is 2.44. The van der Waals surface area contributed by atoms with Crippen molar-refractivity contribution in [2.24, 2.45) is 5.92 Å². The second kappa shape index (κ2) is 10.9. The predicted octanol–water partition coefficient (Wildman–Crippen LogP) is 3.69. The molecule has 8 nitrogen and oxygen atoms in total. The van der Waals surface area contributed by atoms with Crippen LogP contribution in [0.25, 0.3) is 11.1 Å². The quantitative estimate of drug-likeness (QED) is 0.504. The molecule has 8 heteroatoms. The van der Waals surface area contributed by atoms with E-state index >= 15 is 0 Å². The van der Waals surface area contributed by atoms with Crippen LogP contribution in [0.1, 0.15) is 49.7 Å². The van der Waals surface area contributed by atoms with E-state index < -0.39 is 29.4 Å². The number of hydrogen-bond acceptors (Lipinski definition) is 5. The van der Waals surface area contributed by atoms with Gasteiger partial charge in [-0.3, -0.25) is 9.59 Å². The zero-order valence-electron chi connectivity index (χ0n) is 19.9. The van der Waals surface area contributed by atoms with Gasteiger partial charge in [0.2, 0.25) is 5.91 Å². The van der Waals surface area contributed by atoms with Crippen molar-refractivity contribution in [3.05, 3.63) is 59.7 Å². The highest BCUT2D eigenvalue weighted by Gasteiger charge is 2.42. The van der Waals surface area contributed by atoms with E-state index in [1.165, 1.54) is 0 Å². The fourth-order valence-corrected chi connectivity index (χ4v) is 5.00. The van der Waals surface area contributed by atoms with Gasteiger partial charge < -0.3 is 25.2 Å². The molecule has 0 bridgehead atoms. The van der Waals surface area contributed by atoms with Crippen LogP contribution in [0, 0.1) is 5.92 Å². The van der Waals surface area contributed by atoms with Crippen LogP contribution in [0.2, 0.25) is 0 Å². The van der Waals surface area contributed by atoms with E-state index in [4.69, 9.17) is 9.47 Å². The summed E-state index contributed by atoms with van der Waals surface area (Å²) in [5.41, 5.74) is 3.29. The van der Waals surface area contributed by atoms with Crippen molar-refractivity contribution in [1.82, 2.24) is 10.6 Å². The van der Waals surface area contributed by atoms with Crippen LogP contribution in [0.3, 0.4) is 0 Å². The van der Waals surface area contributed by atoms with E-state index in [1.807, 2.05) is 43.3 Å². The summed E-state index contributed by atoms with van der Waals surface area (Å²) >= 11 is 0. The van der Waals surface area contributed by atoms with Crippen molar-refractivity contribution in [2.45, 2.75) is 44.1 Å². The van der Waals surface area contributed by atoms with Gasteiger partial charge in [0.1, 0.15) is 12.1 Å². The lowest BCUT2D eigenvalue weighted by atomic mass is 9.88. The van der Waals surface area contributed by atoms with Crippen LogP contribution in [-0.4, -0.2) is 55.0 Å². The Morgan fingerprint density at radius 1 is 1.06 bits per heavy atom. The Morgan fingerprint density at radius 3 is 2.23 bits per heavy atom. The molecule has 0 saturated carbocycles. The van der Waals surface area contributed by atoms with Gasteiger partial charge in [-0.05, 0) is 28.7 Å². The minimum absolute atomic E-state index is 0.0109. The molecule has 2 aliphatic rings. The van der Waals surface area contributed by atoms with E-state index in [2.05, 4.69) is 22.8 Å². The molecule has 1 saturated heterocycles. The summed E-state index contributed by atoms with van der Waals surface area (Å²) < 4.78 is 11.1. The van der Waals surface area contributed by atoms with Gasteiger partial charge in [-0.1, -0.05) is 61.9 Å². The minimum Gasteiger partial charge on any atom is -0.481 e. The monoisotopic (exact) mass is 480 g/mol. The number of ether oxygens (including phenoxy) is 2. The maximum atomic E-state index is 13.1. The van der Waals surface area contributed by atoms with E-state index in [9.17, 15) is 19.5 Å². The third-order valence-electron chi connectivity index (χ3n) is 6.96. The molecule has 0 spiro atoms. The van der Waals surface area contributed by atoms with Gasteiger partial charge in [-0.15, -0.1) is 0 Å². The number of fused-ring (bicyclic) bond motifs is 3. The second-order valence-electron chi connectivity index (χ2n) is 9.18. The molecule has 35 heavy (non-hydrogen) atoms. The van der Waals surface area contributed by atoms with Crippen LogP contribution < -0.4 is 10.6 Å². The number of benzene rings is 2. The van der Waals surface area contributed by atoms with Crippen LogP contribution >= 0.6 is 0 Å². The van der Waals surface area contributed by atoms with Crippen LogP contribution in [0.15, 0.2) is 48.5 Å². The summed E-state index contributed by atoms with van der Waals surface area (Å²) in [6.07, 6.45) is 1.06. The molecule has 1 atom stereocenters. The Morgan fingerprint density at radius 2 is 1.66 bits per heavy atom. The van der Waals surface area contributed by atoms with E-state index in [1.54, 1.807) is 0 Å². The molecule has 1 aliphatic carbocycles. The number of rotatable bonds is 9. The molecular weight excluding hydrogens is 448 g/mol. The van der Waals surface area contributed by atoms with Gasteiger partial charge >= 0.3 is 12.1 Å². The molecular formula is C27H32N2O6. The highest BCUT2D eigenvalue weighted by atomic mass is 16.5. The van der Waals surface area contributed by atoms with E-state index in [0.717, 1.165) is 22.3 Å². The molecule has 2 amide bonds. The maximum Gasteiger partial charge on any atom is 0.408 e. The normalized spacial score (nSPS) is 17.1. The summed E-state index contributed by atoms with van der Waals surface area (Å²) in [6.45, 7) is 2.68. The summed E-state index contributed by atoms with van der Waals surface area (Å²) in [6, 6.07) is 16.2. The highest BCUT2D eigenvalue weighted by molar-refractivity contribution is 5.90. The van der Waals surface area contributed by atoms with E-state index in [0.29, 0.717) is 26.1 Å². The molecule has 2 aromatic rings. The molecule has 3 N–H and O–H groups in total. The molecule has 4 rings (SSSR count). The summed E-state index contributed by atoms with van der Waals surface area (Å²) in [7, 11) is 0. The van der Waals surface area contributed by atoms with Gasteiger partial charge in [0.05, 0.1) is 5.92 Å². The van der Waals surface area contributed by atoms with Gasteiger partial charge in [0, 0.05) is 38.5 Å². The van der Waals surface area contributed by atoms with Crippen molar-refractivity contribution in [3.8, 4) is 11.1 Å². The number of carboxylic acids is 1. The lowest BCUT2D eigenvalue weighted by molar-refractivity contribution is -0.142. The first kappa shape index (κ1) is 24.7. The van der Waals surface area contributed by atoms with Crippen LogP contribution in [-0.2, 0) is 19.1 Å². The lowest BCUT2D eigenvalue weighted by Gasteiger charge is -2.36. The van der Waals surface area contributed by atoms with E-state index in [-0.39, 0.29) is 31.9 Å². The van der Waals surface area contributed by atoms with Crippen molar-refractivity contribution < 1.29 is 29.0 Å². The number of carbonyl (C=O) groups is 3. The van der Waals surface area contributed by atoms with Crippen molar-refractivity contribution in [1.29, 1.82) is 0 Å². The number of amides is 2. The molecule has 1 aliphatic heterocycles. The number of alkyl carbamates (subject to hydrolysis) is 1. The molecule has 0 aromatic heterocycles. The Balaban J connectivity index is 1.42. The van der Waals surface area contributed by atoms with Crippen molar-refractivity contribution >= 4 is 18.0 Å². The Labute approximate surface area is 205 Å². The Bertz CT molecular complexity index is 1030. The number of carboxylic acid groups (broad SMARTS) is 1. The fraction of sp³-hybridized carbons (Fsp3) is 0.444. The average Bonchev–Trinajstić information content (AvgIpc) is 3.19. The smallest absolute Gasteiger partial charge is 0.408 e. The zero-order valence-corrected chi connectivity index (χ0v) is 19.9. The third kappa shape index (κ3) is 5.32. The number of hydrogen-bond donors (Lipinski definition) is 3. The fourth-order valence-electron chi connectivity index (χ4n) is 5.00. The number of nitrogens with one attached hydrogen (secondary N) is 2. The van der Waals surface area contributed by atoms with Gasteiger partial charge in [0.25, 0.3) is 0 Å². The Hall–Kier alpha value is -3.39. The lowest BCUT2D eigenvalue weighted by Crippen LogP contribution is -2.62. The molecule has 186 valence electrons. The van der Waals surface area contributed by atoms with Crippen molar-refractivity contribution in [2.75, 3.05) is 26.4 Å². The molecule has 1 heterocycles. The van der Waals surface area contributed by atoms with Gasteiger partial charge in [0.15, 0.2) is 0 Å². The summed E-state index contributed by atoms with van der Waals surface area (Å²) in [5.74, 6) is -2.11. The number of aliphatic carboxylic acids is 1.